The number of nitrogens with zero attached hydrogens (tertiary/aromatic N) is 4. The molecule has 1 fully saturated rings. The number of hydrogen-bond acceptors (Lipinski definition) is 4. The molecular formula is C31H29FN4O2S. The highest BCUT2D eigenvalue weighted by Gasteiger charge is 2.38. The van der Waals surface area contributed by atoms with Gasteiger partial charge < -0.3 is 4.90 Å². The first kappa shape index (κ1) is 25.4. The molecule has 3 aromatic carbocycles. The van der Waals surface area contributed by atoms with Crippen LogP contribution in [0.1, 0.15) is 34.8 Å². The zero-order valence-electron chi connectivity index (χ0n) is 21.7. The average molecular weight is 541 g/mol. The van der Waals surface area contributed by atoms with E-state index in [4.69, 9.17) is 5.10 Å². The summed E-state index contributed by atoms with van der Waals surface area (Å²) in [5.74, 6) is 0.154. The number of fused-ring (bicyclic) bond motifs is 1. The fourth-order valence-electron chi connectivity index (χ4n) is 5.40. The van der Waals surface area contributed by atoms with E-state index in [0.717, 1.165) is 40.8 Å². The molecule has 198 valence electrons. The van der Waals surface area contributed by atoms with Crippen molar-refractivity contribution in [3.05, 3.63) is 101 Å². The van der Waals surface area contributed by atoms with Crippen molar-refractivity contribution < 1.29 is 14.0 Å². The smallest absolute Gasteiger partial charge is 0.242 e. The van der Waals surface area contributed by atoms with Gasteiger partial charge in [-0.15, -0.1) is 11.8 Å². The van der Waals surface area contributed by atoms with Crippen LogP contribution in [-0.4, -0.2) is 51.9 Å². The van der Waals surface area contributed by atoms with Crippen molar-refractivity contribution in [1.29, 1.82) is 0 Å². The Kier molecular flexibility index (Phi) is 6.95. The molecule has 6 rings (SSSR count). The SMILES string of the molecule is Cc1cccc(-n2nc(-c3ccccc3)c3c2N(CC(=O)N2CCCC2)C(=O)CS[C@H]3c2cccc(F)c2)c1. The van der Waals surface area contributed by atoms with Crippen LogP contribution in [0.2, 0.25) is 0 Å². The maximum atomic E-state index is 14.5. The van der Waals surface area contributed by atoms with E-state index >= 15 is 0 Å². The van der Waals surface area contributed by atoms with Crippen molar-refractivity contribution in [2.24, 2.45) is 0 Å². The molecular weight excluding hydrogens is 511 g/mol. The van der Waals surface area contributed by atoms with Crippen LogP contribution < -0.4 is 4.90 Å². The lowest BCUT2D eigenvalue weighted by Gasteiger charge is -2.25. The summed E-state index contributed by atoms with van der Waals surface area (Å²) >= 11 is 1.44. The van der Waals surface area contributed by atoms with E-state index in [9.17, 15) is 14.0 Å². The second-order valence-corrected chi connectivity index (χ2v) is 11.1. The molecule has 3 heterocycles. The summed E-state index contributed by atoms with van der Waals surface area (Å²) in [6.07, 6.45) is 1.95. The maximum Gasteiger partial charge on any atom is 0.242 e. The van der Waals surface area contributed by atoms with Crippen LogP contribution in [0.4, 0.5) is 10.2 Å². The van der Waals surface area contributed by atoms with Crippen LogP contribution in [0.3, 0.4) is 0 Å². The molecule has 4 aromatic rings. The predicted octanol–water partition coefficient (Wildman–Crippen LogP) is 5.78. The second kappa shape index (κ2) is 10.7. The van der Waals surface area contributed by atoms with E-state index in [1.54, 1.807) is 15.6 Å². The number of hydrogen-bond donors (Lipinski definition) is 0. The van der Waals surface area contributed by atoms with Gasteiger partial charge in [0.05, 0.1) is 22.4 Å². The van der Waals surface area contributed by atoms with Crippen LogP contribution in [0.15, 0.2) is 78.9 Å². The molecule has 8 heteroatoms. The van der Waals surface area contributed by atoms with Gasteiger partial charge in [-0.25, -0.2) is 9.07 Å². The van der Waals surface area contributed by atoms with Crippen LogP contribution in [0.25, 0.3) is 16.9 Å². The Bertz CT molecular complexity index is 1530. The van der Waals surface area contributed by atoms with Gasteiger partial charge in [-0.2, -0.15) is 5.10 Å². The number of likely N-dealkylation sites (tertiary alicyclic amines) is 1. The number of aromatic nitrogens is 2. The minimum atomic E-state index is -0.361. The van der Waals surface area contributed by atoms with Gasteiger partial charge in [-0.1, -0.05) is 54.6 Å². The third-order valence-electron chi connectivity index (χ3n) is 7.29. The lowest BCUT2D eigenvalue weighted by atomic mass is 9.99. The van der Waals surface area contributed by atoms with Gasteiger partial charge in [-0.3, -0.25) is 14.5 Å². The molecule has 0 aliphatic carbocycles. The summed E-state index contributed by atoms with van der Waals surface area (Å²) in [7, 11) is 0. The number of carbonyl (C=O) groups excluding carboxylic acids is 2. The molecule has 0 saturated carbocycles. The summed E-state index contributed by atoms with van der Waals surface area (Å²) in [6.45, 7) is 3.37. The molecule has 1 saturated heterocycles. The predicted molar refractivity (Wildman–Crippen MR) is 153 cm³/mol. The first-order valence-corrected chi connectivity index (χ1v) is 14.2. The number of aryl methyl sites for hydroxylation is 1. The first-order valence-electron chi connectivity index (χ1n) is 13.2. The number of rotatable bonds is 5. The molecule has 1 atom stereocenters. The minimum Gasteiger partial charge on any atom is -0.341 e. The molecule has 2 aliphatic rings. The zero-order valence-corrected chi connectivity index (χ0v) is 22.5. The fourth-order valence-corrected chi connectivity index (χ4v) is 6.59. The maximum absolute atomic E-state index is 14.5. The summed E-state index contributed by atoms with van der Waals surface area (Å²) < 4.78 is 16.3. The van der Waals surface area contributed by atoms with Crippen molar-refractivity contribution in [2.75, 3.05) is 30.3 Å². The summed E-state index contributed by atoms with van der Waals surface area (Å²) in [6, 6.07) is 24.3. The van der Waals surface area contributed by atoms with E-state index < -0.39 is 0 Å². The first-order chi connectivity index (χ1) is 19.0. The van der Waals surface area contributed by atoms with Crippen LogP contribution in [-0.2, 0) is 9.59 Å². The van der Waals surface area contributed by atoms with Crippen LogP contribution in [0.5, 0.6) is 0 Å². The van der Waals surface area contributed by atoms with Gasteiger partial charge in [0.25, 0.3) is 0 Å². The Morgan fingerprint density at radius 1 is 1.00 bits per heavy atom. The molecule has 0 spiro atoms. The van der Waals surface area contributed by atoms with Crippen molar-refractivity contribution in [3.63, 3.8) is 0 Å². The quantitative estimate of drug-likeness (QED) is 0.322. The highest BCUT2D eigenvalue weighted by molar-refractivity contribution is 8.00. The summed E-state index contributed by atoms with van der Waals surface area (Å²) in [5, 5.41) is 4.73. The normalized spacial score (nSPS) is 17.3. The average Bonchev–Trinajstić information content (AvgIpc) is 3.59. The highest BCUT2D eigenvalue weighted by atomic mass is 32.2. The third kappa shape index (κ3) is 4.96. The molecule has 6 nitrogen and oxygen atoms in total. The van der Waals surface area contributed by atoms with Crippen molar-refractivity contribution >= 4 is 29.4 Å². The van der Waals surface area contributed by atoms with E-state index in [-0.39, 0.29) is 35.2 Å². The fraction of sp³-hybridized carbons (Fsp3) is 0.258. The summed E-state index contributed by atoms with van der Waals surface area (Å²) in [4.78, 5) is 30.6. The van der Waals surface area contributed by atoms with Crippen molar-refractivity contribution in [3.8, 4) is 16.9 Å². The highest BCUT2D eigenvalue weighted by Crippen LogP contribution is 2.48. The molecule has 1 aromatic heterocycles. The molecule has 2 amide bonds. The van der Waals surface area contributed by atoms with Gasteiger partial charge in [0, 0.05) is 24.2 Å². The standard InChI is InChI=1S/C31H29FN4O2S/c1-21-9-7-14-25(17-21)36-31-28(29(33-36)22-10-3-2-4-11-22)30(23-12-8-13-24(32)18-23)39-20-27(38)35(31)19-26(37)34-15-5-6-16-34/h2-4,7-14,17-18,30H,5-6,15-16,19-20H2,1H3/t30-/m0/s1. The number of halogens is 1. The van der Waals surface area contributed by atoms with E-state index in [1.165, 1.54) is 23.9 Å². The van der Waals surface area contributed by atoms with Gasteiger partial charge in [-0.05, 0) is 55.2 Å². The Morgan fingerprint density at radius 2 is 1.77 bits per heavy atom. The number of benzene rings is 3. The van der Waals surface area contributed by atoms with Gasteiger partial charge in [0.1, 0.15) is 18.2 Å². The Morgan fingerprint density at radius 3 is 2.51 bits per heavy atom. The lowest BCUT2D eigenvalue weighted by molar-refractivity contribution is -0.130. The monoisotopic (exact) mass is 540 g/mol. The third-order valence-corrected chi connectivity index (χ3v) is 8.54. The molecule has 0 unspecified atom stereocenters. The Hall–Kier alpha value is -3.91. The molecule has 0 radical (unpaired) electrons. The molecule has 0 N–H and O–H groups in total. The van der Waals surface area contributed by atoms with Crippen LogP contribution >= 0.6 is 11.8 Å². The van der Waals surface area contributed by atoms with Crippen molar-refractivity contribution in [1.82, 2.24) is 14.7 Å². The Labute approximate surface area is 231 Å². The second-order valence-electron chi connectivity index (χ2n) is 10.0. The van der Waals surface area contributed by atoms with E-state index in [2.05, 4.69) is 0 Å². The number of thioether (sulfide) groups is 1. The van der Waals surface area contributed by atoms with Crippen molar-refractivity contribution in [2.45, 2.75) is 25.0 Å². The van der Waals surface area contributed by atoms with Gasteiger partial charge >= 0.3 is 0 Å². The molecule has 0 bridgehead atoms. The van der Waals surface area contributed by atoms with E-state index in [1.807, 2.05) is 72.5 Å². The number of carbonyl (C=O) groups is 2. The molecule has 2 aliphatic heterocycles. The largest absolute Gasteiger partial charge is 0.341 e. The number of amides is 2. The lowest BCUT2D eigenvalue weighted by Crippen LogP contribution is -2.43. The van der Waals surface area contributed by atoms with Crippen LogP contribution in [0, 0.1) is 12.7 Å². The van der Waals surface area contributed by atoms with E-state index in [0.29, 0.717) is 24.6 Å². The number of anilines is 1. The van der Waals surface area contributed by atoms with Gasteiger partial charge in [0.2, 0.25) is 11.8 Å². The summed E-state index contributed by atoms with van der Waals surface area (Å²) in [5.41, 5.74) is 5.00. The molecule has 39 heavy (non-hydrogen) atoms. The van der Waals surface area contributed by atoms with Gasteiger partial charge in [0.15, 0.2) is 0 Å². The Balaban J connectivity index is 1.61. The topological polar surface area (TPSA) is 58.4 Å². The zero-order chi connectivity index (χ0) is 26.9. The minimum absolute atomic E-state index is 0.0615.